The molecule has 5 rings (SSSR count). The molecule has 4 heterocycles. The van der Waals surface area contributed by atoms with Gasteiger partial charge in [-0.25, -0.2) is 9.36 Å². The molecule has 2 unspecified atom stereocenters. The van der Waals surface area contributed by atoms with Crippen molar-refractivity contribution in [3.05, 3.63) is 77.3 Å². The molecular formula is C26H23F3N3O5+. The van der Waals surface area contributed by atoms with E-state index in [-0.39, 0.29) is 35.2 Å². The van der Waals surface area contributed by atoms with Gasteiger partial charge >= 0.3 is 12.3 Å². The van der Waals surface area contributed by atoms with Gasteiger partial charge in [0.1, 0.15) is 17.5 Å². The van der Waals surface area contributed by atoms with Crippen molar-refractivity contribution in [3.63, 3.8) is 0 Å². The number of carbonyl (C=O) groups is 3. The van der Waals surface area contributed by atoms with Crippen LogP contribution in [0.15, 0.2) is 66.1 Å². The zero-order chi connectivity index (χ0) is 26.5. The van der Waals surface area contributed by atoms with Gasteiger partial charge < -0.3 is 14.7 Å². The summed E-state index contributed by atoms with van der Waals surface area (Å²) in [5, 5.41) is 9.86. The monoisotopic (exact) mass is 514 g/mol. The van der Waals surface area contributed by atoms with Crippen molar-refractivity contribution in [1.29, 1.82) is 0 Å². The number of allylic oxidation sites excluding steroid dienone is 2. The number of pyridine rings is 1. The Morgan fingerprint density at radius 1 is 1.19 bits per heavy atom. The molecule has 8 nitrogen and oxygen atoms in total. The molecule has 1 aromatic carbocycles. The van der Waals surface area contributed by atoms with Crippen LogP contribution in [0.5, 0.6) is 5.75 Å². The van der Waals surface area contributed by atoms with E-state index in [1.54, 1.807) is 36.5 Å². The van der Waals surface area contributed by atoms with E-state index in [1.165, 1.54) is 28.9 Å². The number of hydrogen-bond acceptors (Lipinski definition) is 4. The predicted octanol–water partition coefficient (Wildman–Crippen LogP) is 2.73. The number of hydrogen-bond donors (Lipinski definition) is 1. The summed E-state index contributed by atoms with van der Waals surface area (Å²) in [6.07, 6.45) is 2.77. The first kappa shape index (κ1) is 24.5. The van der Waals surface area contributed by atoms with Crippen LogP contribution in [-0.4, -0.2) is 57.7 Å². The number of carboxylic acids is 1. The fraction of sp³-hybridized carbons (Fsp3) is 0.308. The molecule has 3 aliphatic heterocycles. The van der Waals surface area contributed by atoms with Crippen LogP contribution in [-0.2, 0) is 20.9 Å². The topological polar surface area (TPSA) is 91.0 Å². The quantitative estimate of drug-likeness (QED) is 0.473. The Balaban J connectivity index is 1.34. The summed E-state index contributed by atoms with van der Waals surface area (Å²) in [7, 11) is 0. The average molecular weight is 514 g/mol. The zero-order valence-corrected chi connectivity index (χ0v) is 19.7. The number of benzene rings is 1. The van der Waals surface area contributed by atoms with Crippen molar-refractivity contribution in [1.82, 2.24) is 9.80 Å². The van der Waals surface area contributed by atoms with Gasteiger partial charge in [-0.05, 0) is 48.4 Å². The summed E-state index contributed by atoms with van der Waals surface area (Å²) in [5.74, 6) is -2.07. The molecule has 0 radical (unpaired) electrons. The summed E-state index contributed by atoms with van der Waals surface area (Å²) < 4.78 is 42.8. The molecule has 192 valence electrons. The molecule has 37 heavy (non-hydrogen) atoms. The molecule has 2 saturated heterocycles. The van der Waals surface area contributed by atoms with E-state index in [9.17, 15) is 32.7 Å². The number of aliphatic carboxylic acids is 1. The van der Waals surface area contributed by atoms with Gasteiger partial charge in [-0.2, -0.15) is 0 Å². The van der Waals surface area contributed by atoms with Crippen LogP contribution in [0, 0.1) is 5.92 Å². The van der Waals surface area contributed by atoms with Crippen LogP contribution >= 0.6 is 0 Å². The molecule has 3 atom stereocenters. The summed E-state index contributed by atoms with van der Waals surface area (Å²) in [5.41, 5.74) is 2.00. The van der Waals surface area contributed by atoms with Gasteiger partial charge in [0.15, 0.2) is 18.9 Å². The van der Waals surface area contributed by atoms with Crippen LogP contribution in [0.2, 0.25) is 0 Å². The van der Waals surface area contributed by atoms with E-state index >= 15 is 0 Å². The van der Waals surface area contributed by atoms with Crippen molar-refractivity contribution in [3.8, 4) is 5.75 Å². The lowest BCUT2D eigenvalue weighted by molar-refractivity contribution is -0.688. The average Bonchev–Trinajstić information content (AvgIpc) is 3.19. The van der Waals surface area contributed by atoms with Crippen LogP contribution in [0.4, 0.5) is 13.2 Å². The molecule has 2 aromatic rings. The fourth-order valence-corrected chi connectivity index (χ4v) is 5.39. The summed E-state index contributed by atoms with van der Waals surface area (Å²) >= 11 is 0. The van der Waals surface area contributed by atoms with Crippen LogP contribution < -0.4 is 9.30 Å². The molecule has 1 aromatic heterocycles. The number of nitrogens with zero attached hydrogens (tertiary/aromatic N) is 3. The number of carboxylic acid groups (broad SMARTS) is 1. The molecule has 0 saturated carbocycles. The smallest absolute Gasteiger partial charge is 0.477 e. The van der Waals surface area contributed by atoms with Crippen molar-refractivity contribution in [2.24, 2.45) is 5.92 Å². The van der Waals surface area contributed by atoms with Crippen molar-refractivity contribution < 1.29 is 42.0 Å². The highest BCUT2D eigenvalue weighted by atomic mass is 19.4. The van der Waals surface area contributed by atoms with Crippen LogP contribution in [0.25, 0.3) is 6.08 Å². The Labute approximate surface area is 209 Å². The number of ether oxygens (including phenoxy) is 1. The number of likely N-dealkylation sites (tertiary alicyclic amines) is 1. The van der Waals surface area contributed by atoms with Crippen molar-refractivity contribution in [2.75, 3.05) is 6.54 Å². The lowest BCUT2D eigenvalue weighted by atomic mass is 9.79. The van der Waals surface area contributed by atoms with Crippen molar-refractivity contribution in [2.45, 2.75) is 38.3 Å². The van der Waals surface area contributed by atoms with Gasteiger partial charge in [0, 0.05) is 36.6 Å². The number of carbonyl (C=O) groups excluding carboxylic acids is 2. The third kappa shape index (κ3) is 4.68. The third-order valence-corrected chi connectivity index (χ3v) is 6.88. The predicted molar refractivity (Wildman–Crippen MR) is 122 cm³/mol. The first-order valence-corrected chi connectivity index (χ1v) is 11.6. The molecule has 3 aliphatic rings. The Kier molecular flexibility index (Phi) is 6.01. The minimum Gasteiger partial charge on any atom is -0.477 e. The Bertz CT molecular complexity index is 1340. The van der Waals surface area contributed by atoms with Gasteiger partial charge in [0.2, 0.25) is 5.91 Å². The van der Waals surface area contributed by atoms with E-state index in [0.717, 1.165) is 11.1 Å². The normalized spacial score (nSPS) is 22.8. The Morgan fingerprint density at radius 3 is 2.57 bits per heavy atom. The van der Waals surface area contributed by atoms with E-state index < -0.39 is 18.4 Å². The lowest BCUT2D eigenvalue weighted by Gasteiger charge is -2.49. The highest BCUT2D eigenvalue weighted by Gasteiger charge is 2.63. The summed E-state index contributed by atoms with van der Waals surface area (Å²) in [4.78, 5) is 39.7. The number of amides is 2. The molecule has 2 fully saturated rings. The minimum atomic E-state index is -4.75. The van der Waals surface area contributed by atoms with Gasteiger partial charge in [0.05, 0.1) is 6.04 Å². The number of β-lactam (4-membered cyclic amide) rings is 1. The second-order valence-electron chi connectivity index (χ2n) is 9.29. The largest absolute Gasteiger partial charge is 0.573 e. The van der Waals surface area contributed by atoms with Crippen LogP contribution in [0.1, 0.15) is 24.5 Å². The van der Waals surface area contributed by atoms with E-state index in [2.05, 4.69) is 4.74 Å². The fourth-order valence-electron chi connectivity index (χ4n) is 5.39. The Morgan fingerprint density at radius 2 is 1.92 bits per heavy atom. The van der Waals surface area contributed by atoms with Crippen LogP contribution in [0.3, 0.4) is 0 Å². The maximum absolute atomic E-state index is 12.8. The minimum absolute atomic E-state index is 0.0284. The number of rotatable bonds is 6. The van der Waals surface area contributed by atoms with E-state index in [4.69, 9.17) is 0 Å². The highest BCUT2D eigenvalue weighted by Crippen LogP contribution is 2.47. The van der Waals surface area contributed by atoms with Gasteiger partial charge in [-0.1, -0.05) is 6.08 Å². The molecule has 2 amide bonds. The maximum Gasteiger partial charge on any atom is 0.573 e. The van der Waals surface area contributed by atoms with Gasteiger partial charge in [-0.15, -0.1) is 13.2 Å². The van der Waals surface area contributed by atoms with E-state index in [1.807, 2.05) is 16.8 Å². The molecule has 0 aliphatic carbocycles. The van der Waals surface area contributed by atoms with Gasteiger partial charge in [0.25, 0.3) is 5.91 Å². The molecular weight excluding hydrogens is 491 g/mol. The van der Waals surface area contributed by atoms with Gasteiger partial charge in [-0.3, -0.25) is 14.5 Å². The second-order valence-corrected chi connectivity index (χ2v) is 9.29. The molecule has 0 bridgehead atoms. The third-order valence-electron chi connectivity index (χ3n) is 6.88. The molecule has 11 heteroatoms. The standard InChI is InChI=1S/C26H22F3N3O5/c1-15(33)31-14-19-11-18(22(25(35)36)32-21(19)23(31)24(32)34)7-4-16-3-2-10-30(12-16)13-17-5-8-20(9-6-17)37-26(27,28)29/h2-10,12,19,21,23H,11,13-14H2,1H3/p+1/t19?,21-,23?/m1/s1. The lowest BCUT2D eigenvalue weighted by Crippen LogP contribution is -2.69. The zero-order valence-electron chi connectivity index (χ0n) is 19.7. The SMILES string of the molecule is CC(=O)N1CC2CC(C=Cc3ccc[n+](Cc4ccc(OC(F)(F)F)cc4)c3)=C(C(=O)O)N3C(=O)C1[C@@H]23. The molecule has 0 spiro atoms. The number of alkyl halides is 3. The number of aromatic nitrogens is 1. The summed E-state index contributed by atoms with van der Waals surface area (Å²) in [6, 6.07) is 8.34. The highest BCUT2D eigenvalue weighted by molar-refractivity contribution is 6.02. The Hall–Kier alpha value is -4.15. The van der Waals surface area contributed by atoms with E-state index in [0.29, 0.717) is 25.1 Å². The first-order chi connectivity index (χ1) is 17.5. The van der Waals surface area contributed by atoms with Crippen molar-refractivity contribution >= 4 is 23.9 Å². The first-order valence-electron chi connectivity index (χ1n) is 11.6. The number of halogens is 3. The summed E-state index contributed by atoms with van der Waals surface area (Å²) in [6.45, 7) is 2.22. The molecule has 1 N–H and O–H groups in total. The maximum atomic E-state index is 12.8. The second kappa shape index (κ2) is 9.06.